The highest BCUT2D eigenvalue weighted by Gasteiger charge is 2.31. The van der Waals surface area contributed by atoms with Gasteiger partial charge in [-0.15, -0.1) is 0 Å². The van der Waals surface area contributed by atoms with Gasteiger partial charge in [0.25, 0.3) is 0 Å². The fourth-order valence-corrected chi connectivity index (χ4v) is 2.98. The number of fused-ring (bicyclic) bond motifs is 1. The molecule has 2 aromatic carbocycles. The molecule has 0 N–H and O–H groups in total. The van der Waals surface area contributed by atoms with Gasteiger partial charge in [-0.05, 0) is 44.2 Å². The van der Waals surface area contributed by atoms with E-state index < -0.39 is 12.1 Å². The Kier molecular flexibility index (Phi) is 5.77. The van der Waals surface area contributed by atoms with Crippen LogP contribution in [0.15, 0.2) is 36.1 Å². The van der Waals surface area contributed by atoms with E-state index in [0.29, 0.717) is 39.7 Å². The van der Waals surface area contributed by atoms with Crippen molar-refractivity contribution in [2.75, 3.05) is 21.3 Å². The number of carbonyl (C=O) groups excluding carboxylic acids is 2. The van der Waals surface area contributed by atoms with Gasteiger partial charge >= 0.3 is 5.97 Å². The van der Waals surface area contributed by atoms with Crippen LogP contribution >= 0.6 is 0 Å². The molecular weight excluding hydrogens is 376 g/mol. The number of benzene rings is 2. The highest BCUT2D eigenvalue weighted by Crippen LogP contribution is 2.40. The lowest BCUT2D eigenvalue weighted by molar-refractivity contribution is -0.147. The third-order valence-electron chi connectivity index (χ3n) is 4.60. The summed E-state index contributed by atoms with van der Waals surface area (Å²) in [6, 6.07) is 8.54. The number of ketones is 1. The van der Waals surface area contributed by atoms with Crippen molar-refractivity contribution >= 4 is 17.8 Å². The third-order valence-corrected chi connectivity index (χ3v) is 4.60. The first-order valence-electron chi connectivity index (χ1n) is 8.94. The van der Waals surface area contributed by atoms with Crippen LogP contribution in [0.3, 0.4) is 0 Å². The van der Waals surface area contributed by atoms with E-state index in [0.717, 1.165) is 0 Å². The Morgan fingerprint density at radius 2 is 1.83 bits per heavy atom. The van der Waals surface area contributed by atoms with Gasteiger partial charge in [-0.2, -0.15) is 0 Å². The number of carbonyl (C=O) groups is 2. The minimum atomic E-state index is -0.785. The first kappa shape index (κ1) is 20.3. The van der Waals surface area contributed by atoms with Crippen LogP contribution in [-0.2, 0) is 9.53 Å². The molecule has 0 saturated heterocycles. The Labute approximate surface area is 168 Å². The summed E-state index contributed by atoms with van der Waals surface area (Å²) in [5, 5.41) is 0. The molecule has 2 aromatic rings. The average Bonchev–Trinajstić information content (AvgIpc) is 3.05. The quantitative estimate of drug-likeness (QED) is 0.544. The van der Waals surface area contributed by atoms with Crippen LogP contribution in [-0.4, -0.2) is 39.2 Å². The molecule has 0 saturated carbocycles. The summed E-state index contributed by atoms with van der Waals surface area (Å²) in [6.07, 6.45) is 0.838. The molecule has 7 nitrogen and oxygen atoms in total. The summed E-state index contributed by atoms with van der Waals surface area (Å²) in [5.41, 5.74) is 1.73. The number of Topliss-reactive ketones (excluding diaryl/α,β-unsaturated/α-hetero) is 1. The normalized spacial score (nSPS) is 14.8. The smallest absolute Gasteiger partial charge is 0.346 e. The summed E-state index contributed by atoms with van der Waals surface area (Å²) in [4.78, 5) is 24.4. The van der Waals surface area contributed by atoms with Crippen molar-refractivity contribution in [1.82, 2.24) is 0 Å². The van der Waals surface area contributed by atoms with Gasteiger partial charge < -0.3 is 23.7 Å². The SMILES string of the molecule is COC(=O)[C@@H](C)Oc1ccc2c(c1C)OC(=Cc1ccc(OC)cc1OC)C2=O. The van der Waals surface area contributed by atoms with Crippen LogP contribution in [0.2, 0.25) is 0 Å². The Balaban J connectivity index is 1.92. The molecule has 0 aromatic heterocycles. The van der Waals surface area contributed by atoms with Crippen LogP contribution in [0.1, 0.15) is 28.4 Å². The van der Waals surface area contributed by atoms with E-state index in [4.69, 9.17) is 18.9 Å². The lowest BCUT2D eigenvalue weighted by atomic mass is 10.1. The molecule has 7 heteroatoms. The van der Waals surface area contributed by atoms with Crippen molar-refractivity contribution in [3.8, 4) is 23.0 Å². The monoisotopic (exact) mass is 398 g/mol. The van der Waals surface area contributed by atoms with Crippen molar-refractivity contribution in [3.05, 3.63) is 52.8 Å². The summed E-state index contributed by atoms with van der Waals surface area (Å²) >= 11 is 0. The fourth-order valence-electron chi connectivity index (χ4n) is 2.98. The second-order valence-electron chi connectivity index (χ2n) is 6.40. The summed E-state index contributed by atoms with van der Waals surface area (Å²) in [6.45, 7) is 3.36. The molecule has 0 amide bonds. The summed E-state index contributed by atoms with van der Waals surface area (Å²) in [5.74, 6) is 1.48. The zero-order chi connectivity index (χ0) is 21.1. The maximum absolute atomic E-state index is 12.8. The van der Waals surface area contributed by atoms with Crippen LogP contribution in [0.4, 0.5) is 0 Å². The van der Waals surface area contributed by atoms with Gasteiger partial charge in [0.1, 0.15) is 23.0 Å². The zero-order valence-corrected chi connectivity index (χ0v) is 16.9. The van der Waals surface area contributed by atoms with Crippen LogP contribution in [0.5, 0.6) is 23.0 Å². The number of hydrogen-bond acceptors (Lipinski definition) is 7. The molecule has 0 spiro atoms. The molecule has 0 radical (unpaired) electrons. The van der Waals surface area contributed by atoms with E-state index in [9.17, 15) is 9.59 Å². The molecule has 1 aliphatic rings. The van der Waals surface area contributed by atoms with Crippen LogP contribution in [0, 0.1) is 6.92 Å². The first-order chi connectivity index (χ1) is 13.9. The Hall–Kier alpha value is -3.48. The molecule has 0 fully saturated rings. The Morgan fingerprint density at radius 3 is 2.48 bits per heavy atom. The van der Waals surface area contributed by atoms with E-state index in [2.05, 4.69) is 4.74 Å². The molecule has 3 rings (SSSR count). The van der Waals surface area contributed by atoms with E-state index in [1.807, 2.05) is 0 Å². The lowest BCUT2D eigenvalue weighted by Crippen LogP contribution is -2.25. The molecule has 152 valence electrons. The second-order valence-corrected chi connectivity index (χ2v) is 6.40. The van der Waals surface area contributed by atoms with E-state index in [-0.39, 0.29) is 11.5 Å². The highest BCUT2D eigenvalue weighted by molar-refractivity contribution is 6.15. The lowest BCUT2D eigenvalue weighted by Gasteiger charge is -2.15. The van der Waals surface area contributed by atoms with Gasteiger partial charge in [0.15, 0.2) is 11.9 Å². The van der Waals surface area contributed by atoms with E-state index in [1.54, 1.807) is 64.5 Å². The molecule has 0 unspecified atom stereocenters. The minimum Gasteiger partial charge on any atom is -0.497 e. The summed E-state index contributed by atoms with van der Waals surface area (Å²) < 4.78 is 26.7. The van der Waals surface area contributed by atoms with Crippen molar-refractivity contribution in [3.63, 3.8) is 0 Å². The van der Waals surface area contributed by atoms with Gasteiger partial charge in [-0.25, -0.2) is 4.79 Å². The number of methoxy groups -OCH3 is 3. The van der Waals surface area contributed by atoms with Crippen LogP contribution < -0.4 is 18.9 Å². The minimum absolute atomic E-state index is 0.171. The maximum Gasteiger partial charge on any atom is 0.346 e. The van der Waals surface area contributed by atoms with E-state index >= 15 is 0 Å². The van der Waals surface area contributed by atoms with Crippen molar-refractivity contribution in [2.24, 2.45) is 0 Å². The number of esters is 1. The standard InChI is InChI=1S/C22H22O7/c1-12-17(28-13(2)22(24)27-5)9-8-16-20(23)19(29-21(12)16)10-14-6-7-15(25-3)11-18(14)26-4/h6-11,13H,1-5H3/t13-/m1/s1. The molecule has 0 bridgehead atoms. The molecule has 29 heavy (non-hydrogen) atoms. The summed E-state index contributed by atoms with van der Waals surface area (Å²) in [7, 11) is 4.40. The number of rotatable bonds is 6. The van der Waals surface area contributed by atoms with Crippen LogP contribution in [0.25, 0.3) is 6.08 Å². The van der Waals surface area contributed by atoms with Crippen molar-refractivity contribution in [1.29, 1.82) is 0 Å². The molecular formula is C22H22O7. The predicted octanol–water partition coefficient (Wildman–Crippen LogP) is 3.57. The van der Waals surface area contributed by atoms with Gasteiger partial charge in [-0.3, -0.25) is 4.79 Å². The topological polar surface area (TPSA) is 80.3 Å². The Morgan fingerprint density at radius 1 is 1.07 bits per heavy atom. The van der Waals surface area contributed by atoms with Crippen molar-refractivity contribution < 1.29 is 33.3 Å². The van der Waals surface area contributed by atoms with Gasteiger partial charge in [0.05, 0.1) is 26.9 Å². The Bertz CT molecular complexity index is 991. The third kappa shape index (κ3) is 3.89. The number of hydrogen-bond donors (Lipinski definition) is 0. The highest BCUT2D eigenvalue weighted by atomic mass is 16.6. The fraction of sp³-hybridized carbons (Fsp3) is 0.273. The maximum atomic E-state index is 12.8. The number of ether oxygens (including phenoxy) is 5. The van der Waals surface area contributed by atoms with Crippen molar-refractivity contribution in [2.45, 2.75) is 20.0 Å². The first-order valence-corrected chi connectivity index (χ1v) is 8.94. The largest absolute Gasteiger partial charge is 0.497 e. The predicted molar refractivity (Wildman–Crippen MR) is 106 cm³/mol. The van der Waals surface area contributed by atoms with Gasteiger partial charge in [0, 0.05) is 17.2 Å². The van der Waals surface area contributed by atoms with Gasteiger partial charge in [-0.1, -0.05) is 0 Å². The number of allylic oxidation sites excluding steroid dienone is 1. The molecule has 1 atom stereocenters. The second kappa shape index (κ2) is 8.26. The molecule has 1 heterocycles. The van der Waals surface area contributed by atoms with Gasteiger partial charge in [0.2, 0.25) is 5.78 Å². The average molecular weight is 398 g/mol. The van der Waals surface area contributed by atoms with E-state index in [1.165, 1.54) is 7.11 Å². The molecule has 0 aliphatic carbocycles. The zero-order valence-electron chi connectivity index (χ0n) is 16.9. The molecule has 1 aliphatic heterocycles.